The number of aliphatic hydroxyl groups is 1. The van der Waals surface area contributed by atoms with E-state index in [1.165, 1.54) is 28.4 Å². The smallest absolute Gasteiger partial charge is 0.266 e. The zero-order valence-corrected chi connectivity index (χ0v) is 37.0. The quantitative estimate of drug-likeness (QED) is 0.0535. The van der Waals surface area contributed by atoms with Gasteiger partial charge in [-0.25, -0.2) is 9.80 Å². The third-order valence-corrected chi connectivity index (χ3v) is 13.6. The second-order valence-corrected chi connectivity index (χ2v) is 17.8. The first-order valence-corrected chi connectivity index (χ1v) is 22.1. The predicted octanol–water partition coefficient (Wildman–Crippen LogP) is 12.5. The van der Waals surface area contributed by atoms with Gasteiger partial charge in [-0.15, -0.1) is 0 Å². The van der Waals surface area contributed by atoms with Crippen molar-refractivity contribution in [1.82, 2.24) is 0 Å². The van der Waals surface area contributed by atoms with Gasteiger partial charge in [0.1, 0.15) is 5.76 Å². The van der Waals surface area contributed by atoms with Crippen LogP contribution in [0.25, 0.3) is 60.0 Å². The summed E-state index contributed by atoms with van der Waals surface area (Å²) in [5.41, 5.74) is 11.1. The molecule has 0 atom stereocenters. The lowest BCUT2D eigenvalue weighted by Gasteiger charge is -2.32. The van der Waals surface area contributed by atoms with Crippen LogP contribution in [0.4, 0.5) is 11.4 Å². The molecule has 8 heteroatoms. The maximum Gasteiger partial charge on any atom is 0.266 e. The van der Waals surface area contributed by atoms with E-state index in [1.54, 1.807) is 24.3 Å². The lowest BCUT2D eigenvalue weighted by atomic mass is 9.82. The van der Waals surface area contributed by atoms with Crippen LogP contribution in [0, 0.1) is 27.7 Å². The number of rotatable bonds is 8. The van der Waals surface area contributed by atoms with Gasteiger partial charge in [-0.3, -0.25) is 24.0 Å². The molecule has 11 rings (SSSR count). The van der Waals surface area contributed by atoms with E-state index >= 15 is 0 Å². The van der Waals surface area contributed by atoms with Crippen molar-refractivity contribution in [3.8, 4) is 11.1 Å². The van der Waals surface area contributed by atoms with Crippen molar-refractivity contribution < 1.29 is 29.1 Å². The van der Waals surface area contributed by atoms with Crippen molar-refractivity contribution in [3.05, 3.63) is 195 Å². The lowest BCUT2D eigenvalue weighted by Crippen LogP contribution is -2.41. The molecule has 9 aromatic carbocycles. The first-order chi connectivity index (χ1) is 31.8. The number of hydrogen-bond donors (Lipinski definition) is 1. The normalized spacial score (nSPS) is 13.9. The molecular weight excluding hydrogens is 821 g/mol. The van der Waals surface area contributed by atoms with Crippen molar-refractivity contribution in [2.24, 2.45) is 0 Å². The van der Waals surface area contributed by atoms with Crippen LogP contribution in [0.2, 0.25) is 0 Å². The summed E-state index contributed by atoms with van der Waals surface area (Å²) >= 11 is 0. The van der Waals surface area contributed by atoms with Gasteiger partial charge in [-0.2, -0.15) is 0 Å². The van der Waals surface area contributed by atoms with E-state index in [4.69, 9.17) is 0 Å². The standard InChI is InChI=1S/C58H42N2O6/c1-30-7-6-8-31(2)53(30)59-55(63)44-23-19-40-42-21-25-46-52-47(26-22-43(50(42)52)41-20-24-45(56(59)64)51(44)49(40)41)58(66)60(57(46)65)54-32(3)27-39(28-33(54)4)37-15-11-35(12-16-37)9-10-36-13-17-38(18-14-36)48(62)29-34(5)61/h6-8,11-29,62H,9-10H2,1-5H3. The van der Waals surface area contributed by atoms with E-state index in [1.807, 2.05) is 107 Å². The number of aryl methyl sites for hydroxylation is 6. The van der Waals surface area contributed by atoms with Gasteiger partial charge in [-0.05, 0) is 161 Å². The molecule has 9 aromatic rings. The predicted molar refractivity (Wildman–Crippen MR) is 262 cm³/mol. The Morgan fingerprint density at radius 2 is 0.848 bits per heavy atom. The van der Waals surface area contributed by atoms with E-state index in [0.29, 0.717) is 50.0 Å². The highest BCUT2D eigenvalue weighted by molar-refractivity contribution is 6.45. The largest absolute Gasteiger partial charge is 0.507 e. The molecule has 320 valence electrons. The van der Waals surface area contributed by atoms with Gasteiger partial charge in [0.25, 0.3) is 23.6 Å². The van der Waals surface area contributed by atoms with Crippen LogP contribution in [0.15, 0.2) is 133 Å². The van der Waals surface area contributed by atoms with Gasteiger partial charge >= 0.3 is 0 Å². The summed E-state index contributed by atoms with van der Waals surface area (Å²) < 4.78 is 0. The van der Waals surface area contributed by atoms with Crippen molar-refractivity contribution in [3.63, 3.8) is 0 Å². The van der Waals surface area contributed by atoms with Crippen LogP contribution in [0.3, 0.4) is 0 Å². The fourth-order valence-electron chi connectivity index (χ4n) is 10.6. The molecule has 0 aliphatic carbocycles. The molecule has 0 saturated heterocycles. The van der Waals surface area contributed by atoms with Gasteiger partial charge in [0.05, 0.1) is 11.4 Å². The molecule has 8 nitrogen and oxygen atoms in total. The van der Waals surface area contributed by atoms with Crippen molar-refractivity contribution in [2.45, 2.75) is 47.5 Å². The lowest BCUT2D eigenvalue weighted by molar-refractivity contribution is -0.112. The minimum Gasteiger partial charge on any atom is -0.507 e. The van der Waals surface area contributed by atoms with E-state index in [0.717, 1.165) is 84.1 Å². The molecule has 2 heterocycles. The number of para-hydroxylation sites is 1. The van der Waals surface area contributed by atoms with Crippen LogP contribution in [-0.4, -0.2) is 34.5 Å². The maximum atomic E-state index is 14.7. The maximum absolute atomic E-state index is 14.7. The number of benzene rings is 9. The number of ketones is 1. The first-order valence-electron chi connectivity index (χ1n) is 22.1. The van der Waals surface area contributed by atoms with Crippen molar-refractivity contribution >= 4 is 89.6 Å². The fraction of sp³-hybridized carbons (Fsp3) is 0.121. The molecule has 0 spiro atoms. The monoisotopic (exact) mass is 862 g/mol. The Hall–Kier alpha value is -8.23. The number of amides is 4. The second-order valence-electron chi connectivity index (χ2n) is 17.8. The number of aliphatic hydroxyl groups excluding tert-OH is 1. The number of anilines is 2. The van der Waals surface area contributed by atoms with Gasteiger partial charge in [0.2, 0.25) is 0 Å². The Labute approximate surface area is 380 Å². The Bertz CT molecular complexity index is 3530. The number of hydrogen-bond acceptors (Lipinski definition) is 6. The van der Waals surface area contributed by atoms with Gasteiger partial charge in [-0.1, -0.05) is 91.0 Å². The Morgan fingerprint density at radius 1 is 0.470 bits per heavy atom. The minimum absolute atomic E-state index is 0.0408. The number of allylic oxidation sites excluding steroid dienone is 1. The molecule has 0 unspecified atom stereocenters. The average Bonchev–Trinajstić information content (AvgIpc) is 3.30. The number of carbonyl (C=O) groups excluding carboxylic acids is 5. The zero-order chi connectivity index (χ0) is 45.9. The number of nitrogens with zero attached hydrogens (tertiary/aromatic N) is 2. The highest BCUT2D eigenvalue weighted by Crippen LogP contribution is 2.48. The average molecular weight is 863 g/mol. The van der Waals surface area contributed by atoms with Crippen molar-refractivity contribution in [1.29, 1.82) is 0 Å². The fourth-order valence-corrected chi connectivity index (χ4v) is 10.6. The molecular formula is C58H42N2O6. The summed E-state index contributed by atoms with van der Waals surface area (Å²) in [6, 6.07) is 40.7. The summed E-state index contributed by atoms with van der Waals surface area (Å²) in [5.74, 6) is -1.77. The molecule has 0 fully saturated rings. The molecule has 1 N–H and O–H groups in total. The highest BCUT2D eigenvalue weighted by Gasteiger charge is 2.39. The molecule has 2 aliphatic heterocycles. The molecule has 4 amide bonds. The summed E-state index contributed by atoms with van der Waals surface area (Å²) in [6.45, 7) is 9.08. The first kappa shape index (κ1) is 40.5. The Morgan fingerprint density at radius 3 is 1.24 bits per heavy atom. The molecule has 2 aliphatic rings. The van der Waals surface area contributed by atoms with Crippen LogP contribution in [-0.2, 0) is 17.6 Å². The Balaban J connectivity index is 0.913. The van der Waals surface area contributed by atoms with Crippen molar-refractivity contribution in [2.75, 3.05) is 9.80 Å². The summed E-state index contributed by atoms with van der Waals surface area (Å²) in [5, 5.41) is 16.3. The zero-order valence-electron chi connectivity index (χ0n) is 37.0. The van der Waals surface area contributed by atoms with Gasteiger partial charge in [0.15, 0.2) is 5.78 Å². The third kappa shape index (κ3) is 6.02. The van der Waals surface area contributed by atoms with Crippen LogP contribution >= 0.6 is 0 Å². The number of carbonyl (C=O) groups is 5. The van der Waals surface area contributed by atoms with E-state index in [-0.39, 0.29) is 23.4 Å². The van der Waals surface area contributed by atoms with E-state index in [9.17, 15) is 29.1 Å². The van der Waals surface area contributed by atoms with Crippen LogP contribution in [0.5, 0.6) is 0 Å². The number of fused-ring (bicyclic) bond motifs is 2. The molecule has 0 radical (unpaired) electrons. The number of imide groups is 2. The minimum atomic E-state index is -0.391. The molecule has 66 heavy (non-hydrogen) atoms. The molecule has 0 bridgehead atoms. The van der Waals surface area contributed by atoms with Gasteiger partial charge < -0.3 is 5.11 Å². The van der Waals surface area contributed by atoms with Crippen LogP contribution < -0.4 is 9.80 Å². The van der Waals surface area contributed by atoms with Gasteiger partial charge in [0, 0.05) is 44.7 Å². The van der Waals surface area contributed by atoms with E-state index in [2.05, 4.69) is 24.3 Å². The SMILES string of the molecule is CC(=O)C=C(O)c1ccc(CCc2ccc(-c3cc(C)c(N4C(=O)c5ccc6c7ccc8c9c(ccc(c%10ccc(c5c6%10)C4=O)c97)C(=O)N(c4c(C)cccc4C)C8=O)c(C)c3)cc2)cc1. The molecule has 0 aromatic heterocycles. The van der Waals surface area contributed by atoms with Crippen LogP contribution in [0.1, 0.15) is 87.3 Å². The molecule has 0 saturated carbocycles. The Kier molecular flexibility index (Phi) is 9.17. The third-order valence-electron chi connectivity index (χ3n) is 13.6. The topological polar surface area (TPSA) is 112 Å². The summed E-state index contributed by atoms with van der Waals surface area (Å²) in [4.78, 5) is 72.0. The summed E-state index contributed by atoms with van der Waals surface area (Å²) in [6.07, 6.45) is 2.85. The van der Waals surface area contributed by atoms with E-state index < -0.39 is 11.8 Å². The summed E-state index contributed by atoms with van der Waals surface area (Å²) in [7, 11) is 0. The highest BCUT2D eigenvalue weighted by atomic mass is 16.3. The second kappa shape index (κ2) is 14.9.